The molecular weight excluding hydrogens is 275 g/mol. The van der Waals surface area contributed by atoms with Crippen molar-refractivity contribution in [3.05, 3.63) is 59.4 Å². The van der Waals surface area contributed by atoms with Gasteiger partial charge in [0.2, 0.25) is 0 Å². The number of carbonyl (C=O) groups is 2. The molecule has 2 aromatic carbocycles. The highest BCUT2D eigenvalue weighted by molar-refractivity contribution is 6.05. The Morgan fingerprint density at radius 3 is 2.48 bits per heavy atom. The lowest BCUT2D eigenvalue weighted by Gasteiger charge is -2.11. The Hall–Kier alpha value is -2.89. The van der Waals surface area contributed by atoms with Crippen LogP contribution in [-0.4, -0.2) is 17.1 Å². The lowest BCUT2D eigenvalue weighted by molar-refractivity contribution is 0.0697. The first-order valence-electron chi connectivity index (χ1n) is 6.14. The monoisotopic (exact) mass is 288 g/mol. The minimum absolute atomic E-state index is 0.0203. The summed E-state index contributed by atoms with van der Waals surface area (Å²) in [7, 11) is 0. The number of carboxylic acids is 1. The standard InChI is InChI=1S/C15H13FN2O3/c1-9-4-2-7-12(13(9)14(19)20)18-15(21)17-11-6-3-5-10(16)8-11/h2-8H,1H3,(H,19,20)(H2,17,18,21). The fourth-order valence-electron chi connectivity index (χ4n) is 1.91. The fourth-order valence-corrected chi connectivity index (χ4v) is 1.91. The van der Waals surface area contributed by atoms with E-state index in [2.05, 4.69) is 10.6 Å². The van der Waals surface area contributed by atoms with E-state index in [4.69, 9.17) is 5.11 Å². The van der Waals surface area contributed by atoms with Crippen LogP contribution in [0.3, 0.4) is 0 Å². The summed E-state index contributed by atoms with van der Waals surface area (Å²) in [5.41, 5.74) is 1.01. The number of aryl methyl sites for hydroxylation is 1. The van der Waals surface area contributed by atoms with Crippen LogP contribution in [0.1, 0.15) is 15.9 Å². The first-order chi connectivity index (χ1) is 9.97. The molecule has 0 bridgehead atoms. The van der Waals surface area contributed by atoms with Gasteiger partial charge in [-0.05, 0) is 36.8 Å². The third-order valence-electron chi connectivity index (χ3n) is 2.82. The second-order valence-electron chi connectivity index (χ2n) is 4.39. The first-order valence-corrected chi connectivity index (χ1v) is 6.14. The topological polar surface area (TPSA) is 78.4 Å². The third-order valence-corrected chi connectivity index (χ3v) is 2.82. The smallest absolute Gasteiger partial charge is 0.338 e. The maximum Gasteiger partial charge on any atom is 0.338 e. The van der Waals surface area contributed by atoms with Crippen molar-refractivity contribution in [1.82, 2.24) is 0 Å². The molecule has 0 aliphatic rings. The summed E-state index contributed by atoms with van der Waals surface area (Å²) in [6.45, 7) is 1.64. The van der Waals surface area contributed by atoms with Crippen LogP contribution >= 0.6 is 0 Å². The largest absolute Gasteiger partial charge is 0.478 e. The van der Waals surface area contributed by atoms with Gasteiger partial charge >= 0.3 is 12.0 Å². The molecule has 108 valence electrons. The predicted molar refractivity (Wildman–Crippen MR) is 77.2 cm³/mol. The van der Waals surface area contributed by atoms with Gasteiger partial charge in [-0.15, -0.1) is 0 Å². The molecule has 2 rings (SSSR count). The number of nitrogens with one attached hydrogen (secondary N) is 2. The number of hydrogen-bond acceptors (Lipinski definition) is 2. The lowest BCUT2D eigenvalue weighted by Crippen LogP contribution is -2.21. The highest BCUT2D eigenvalue weighted by Gasteiger charge is 2.14. The van der Waals surface area contributed by atoms with Crippen molar-refractivity contribution in [2.75, 3.05) is 10.6 Å². The summed E-state index contributed by atoms with van der Waals surface area (Å²) in [6.07, 6.45) is 0. The molecule has 0 unspecified atom stereocenters. The normalized spacial score (nSPS) is 10.0. The Labute approximate surface area is 120 Å². The van der Waals surface area contributed by atoms with Gasteiger partial charge in [-0.25, -0.2) is 14.0 Å². The van der Waals surface area contributed by atoms with Crippen LogP contribution in [0.15, 0.2) is 42.5 Å². The van der Waals surface area contributed by atoms with Crippen LogP contribution in [0, 0.1) is 12.7 Å². The number of benzene rings is 2. The Kier molecular flexibility index (Phi) is 4.18. The second-order valence-corrected chi connectivity index (χ2v) is 4.39. The van der Waals surface area contributed by atoms with Gasteiger partial charge in [0.15, 0.2) is 0 Å². The number of halogens is 1. The molecule has 0 fully saturated rings. The van der Waals surface area contributed by atoms with Crippen molar-refractivity contribution in [2.24, 2.45) is 0 Å². The van der Waals surface area contributed by atoms with Gasteiger partial charge in [0.1, 0.15) is 5.82 Å². The number of aromatic carboxylic acids is 1. The van der Waals surface area contributed by atoms with Crippen molar-refractivity contribution in [1.29, 1.82) is 0 Å². The van der Waals surface area contributed by atoms with Gasteiger partial charge in [-0.2, -0.15) is 0 Å². The summed E-state index contributed by atoms with van der Waals surface area (Å²) in [6, 6.07) is 9.52. The maximum absolute atomic E-state index is 13.0. The fraction of sp³-hybridized carbons (Fsp3) is 0.0667. The van der Waals surface area contributed by atoms with Crippen molar-refractivity contribution < 1.29 is 19.1 Å². The third kappa shape index (κ3) is 3.56. The van der Waals surface area contributed by atoms with E-state index in [9.17, 15) is 14.0 Å². The molecule has 5 nitrogen and oxygen atoms in total. The van der Waals surface area contributed by atoms with E-state index in [1.54, 1.807) is 19.1 Å². The number of amides is 2. The van der Waals surface area contributed by atoms with Crippen LogP contribution in [0.5, 0.6) is 0 Å². The SMILES string of the molecule is Cc1cccc(NC(=O)Nc2cccc(F)c2)c1C(=O)O. The van der Waals surface area contributed by atoms with E-state index in [-0.39, 0.29) is 16.9 Å². The highest BCUT2D eigenvalue weighted by Crippen LogP contribution is 2.20. The molecule has 2 aromatic rings. The van der Waals surface area contributed by atoms with Crippen LogP contribution in [0.2, 0.25) is 0 Å². The van der Waals surface area contributed by atoms with E-state index in [0.717, 1.165) is 6.07 Å². The van der Waals surface area contributed by atoms with Gasteiger partial charge in [-0.1, -0.05) is 18.2 Å². The van der Waals surface area contributed by atoms with E-state index < -0.39 is 17.8 Å². The predicted octanol–water partition coefficient (Wildman–Crippen LogP) is 3.48. The maximum atomic E-state index is 13.0. The molecular formula is C15H13FN2O3. The Bertz CT molecular complexity index is 701. The van der Waals surface area contributed by atoms with Gasteiger partial charge in [0.05, 0.1) is 11.3 Å². The van der Waals surface area contributed by atoms with Crippen LogP contribution in [0.4, 0.5) is 20.6 Å². The van der Waals surface area contributed by atoms with E-state index >= 15 is 0 Å². The molecule has 3 N–H and O–H groups in total. The van der Waals surface area contributed by atoms with Gasteiger partial charge in [-0.3, -0.25) is 0 Å². The van der Waals surface area contributed by atoms with Crippen molar-refractivity contribution >= 4 is 23.4 Å². The highest BCUT2D eigenvalue weighted by atomic mass is 19.1. The summed E-state index contributed by atoms with van der Waals surface area (Å²) in [5, 5.41) is 14.0. The Morgan fingerprint density at radius 1 is 1.10 bits per heavy atom. The van der Waals surface area contributed by atoms with Gasteiger partial charge in [0.25, 0.3) is 0 Å². The summed E-state index contributed by atoms with van der Waals surface area (Å²) in [4.78, 5) is 23.0. The molecule has 0 aromatic heterocycles. The number of hydrogen-bond donors (Lipinski definition) is 3. The molecule has 0 aliphatic carbocycles. The summed E-state index contributed by atoms with van der Waals surface area (Å²) < 4.78 is 13.0. The molecule has 0 saturated heterocycles. The number of carboxylic acid groups (broad SMARTS) is 1. The minimum Gasteiger partial charge on any atom is -0.478 e. The molecule has 0 radical (unpaired) electrons. The summed E-state index contributed by atoms with van der Waals surface area (Å²) in [5.74, 6) is -1.61. The zero-order chi connectivity index (χ0) is 15.4. The second kappa shape index (κ2) is 6.04. The Balaban J connectivity index is 2.17. The molecule has 0 aliphatic heterocycles. The first kappa shape index (κ1) is 14.5. The lowest BCUT2D eigenvalue weighted by atomic mass is 10.1. The van der Waals surface area contributed by atoms with Crippen molar-refractivity contribution in [3.8, 4) is 0 Å². The number of carbonyl (C=O) groups excluding carboxylic acids is 1. The summed E-state index contributed by atoms with van der Waals surface area (Å²) >= 11 is 0. The molecule has 2 amide bonds. The van der Waals surface area contributed by atoms with E-state index in [1.807, 2.05) is 0 Å². The molecule has 6 heteroatoms. The van der Waals surface area contributed by atoms with Gasteiger partial charge in [0, 0.05) is 5.69 Å². The van der Waals surface area contributed by atoms with Crippen LogP contribution < -0.4 is 10.6 Å². The average Bonchev–Trinajstić information content (AvgIpc) is 2.37. The zero-order valence-electron chi connectivity index (χ0n) is 11.2. The molecule has 0 spiro atoms. The van der Waals surface area contributed by atoms with Crippen molar-refractivity contribution in [2.45, 2.75) is 6.92 Å². The van der Waals surface area contributed by atoms with E-state index in [1.165, 1.54) is 24.3 Å². The van der Waals surface area contributed by atoms with E-state index in [0.29, 0.717) is 5.56 Å². The van der Waals surface area contributed by atoms with Crippen LogP contribution in [-0.2, 0) is 0 Å². The minimum atomic E-state index is -1.13. The average molecular weight is 288 g/mol. The van der Waals surface area contributed by atoms with Gasteiger partial charge < -0.3 is 15.7 Å². The van der Waals surface area contributed by atoms with Crippen molar-refractivity contribution in [3.63, 3.8) is 0 Å². The molecule has 0 atom stereocenters. The number of rotatable bonds is 3. The zero-order valence-corrected chi connectivity index (χ0v) is 11.2. The molecule has 0 saturated carbocycles. The Morgan fingerprint density at radius 2 is 1.81 bits per heavy atom. The van der Waals surface area contributed by atoms with Crippen LogP contribution in [0.25, 0.3) is 0 Å². The quantitative estimate of drug-likeness (QED) is 0.809. The number of urea groups is 1. The molecule has 21 heavy (non-hydrogen) atoms. The number of anilines is 2. The molecule has 0 heterocycles.